The van der Waals surface area contributed by atoms with E-state index in [1.165, 1.54) is 7.11 Å². The van der Waals surface area contributed by atoms with Gasteiger partial charge in [-0.1, -0.05) is 23.7 Å². The van der Waals surface area contributed by atoms with Crippen molar-refractivity contribution in [1.82, 2.24) is 0 Å². The lowest BCUT2D eigenvalue weighted by molar-refractivity contribution is -0.122. The number of methoxy groups -OCH3 is 2. The summed E-state index contributed by atoms with van der Waals surface area (Å²) in [4.78, 5) is 12.2. The van der Waals surface area contributed by atoms with Crippen LogP contribution in [0.15, 0.2) is 42.5 Å². The number of para-hydroxylation sites is 1. The topological polar surface area (TPSA) is 56.8 Å². The Labute approximate surface area is 140 Å². The van der Waals surface area contributed by atoms with Gasteiger partial charge in [-0.05, 0) is 31.2 Å². The van der Waals surface area contributed by atoms with Crippen LogP contribution in [0, 0.1) is 0 Å². The molecule has 23 heavy (non-hydrogen) atoms. The molecule has 0 radical (unpaired) electrons. The number of benzene rings is 2. The van der Waals surface area contributed by atoms with E-state index in [-0.39, 0.29) is 5.91 Å². The number of hydrogen-bond acceptors (Lipinski definition) is 4. The fraction of sp³-hybridized carbons (Fsp3) is 0.235. The first kappa shape index (κ1) is 17.0. The zero-order chi connectivity index (χ0) is 16.8. The lowest BCUT2D eigenvalue weighted by atomic mass is 10.2. The molecule has 122 valence electrons. The molecule has 0 heterocycles. The molecule has 0 aromatic heterocycles. The summed E-state index contributed by atoms with van der Waals surface area (Å²) < 4.78 is 15.9. The van der Waals surface area contributed by atoms with Gasteiger partial charge in [0.05, 0.1) is 19.2 Å². The molecule has 5 nitrogen and oxygen atoms in total. The van der Waals surface area contributed by atoms with E-state index >= 15 is 0 Å². The van der Waals surface area contributed by atoms with Gasteiger partial charge in [0.2, 0.25) is 0 Å². The largest absolute Gasteiger partial charge is 0.493 e. The maximum atomic E-state index is 12.2. The van der Waals surface area contributed by atoms with Gasteiger partial charge in [0.25, 0.3) is 5.91 Å². The number of hydrogen-bond donors (Lipinski definition) is 1. The molecule has 0 fully saturated rings. The minimum Gasteiger partial charge on any atom is -0.493 e. The number of halogens is 1. The average molecular weight is 336 g/mol. The Hall–Kier alpha value is -2.40. The minimum absolute atomic E-state index is 0.294. The summed E-state index contributed by atoms with van der Waals surface area (Å²) in [6.07, 6.45) is -0.706. The number of carbonyl (C=O) groups excluding carboxylic acids is 1. The van der Waals surface area contributed by atoms with Crippen molar-refractivity contribution in [2.45, 2.75) is 13.0 Å². The Morgan fingerprint density at radius 1 is 1.04 bits per heavy atom. The molecular formula is C17H18ClNO4. The third-order valence-electron chi connectivity index (χ3n) is 3.16. The number of nitrogens with one attached hydrogen (secondary N) is 1. The van der Waals surface area contributed by atoms with Crippen molar-refractivity contribution in [1.29, 1.82) is 0 Å². The van der Waals surface area contributed by atoms with Crippen molar-refractivity contribution in [3.63, 3.8) is 0 Å². The van der Waals surface area contributed by atoms with Gasteiger partial charge in [0, 0.05) is 11.8 Å². The Bertz CT molecular complexity index is 690. The first-order valence-corrected chi connectivity index (χ1v) is 7.37. The molecule has 6 heteroatoms. The molecule has 2 rings (SSSR count). The third kappa shape index (κ3) is 4.29. The molecule has 0 aliphatic rings. The van der Waals surface area contributed by atoms with E-state index < -0.39 is 6.10 Å². The highest BCUT2D eigenvalue weighted by molar-refractivity contribution is 6.32. The summed E-state index contributed by atoms with van der Waals surface area (Å²) >= 11 is 6.02. The Balaban J connectivity index is 2.05. The van der Waals surface area contributed by atoms with Gasteiger partial charge in [0.1, 0.15) is 5.75 Å². The summed E-state index contributed by atoms with van der Waals surface area (Å²) in [5.41, 5.74) is 0.585. The van der Waals surface area contributed by atoms with Crippen molar-refractivity contribution in [3.8, 4) is 17.2 Å². The normalized spacial score (nSPS) is 11.5. The molecule has 2 aromatic rings. The van der Waals surface area contributed by atoms with E-state index in [0.717, 1.165) is 0 Å². The van der Waals surface area contributed by atoms with Gasteiger partial charge in [-0.15, -0.1) is 0 Å². The molecule has 2 aromatic carbocycles. The highest BCUT2D eigenvalue weighted by atomic mass is 35.5. The van der Waals surface area contributed by atoms with Crippen LogP contribution in [0.2, 0.25) is 5.02 Å². The molecule has 1 amide bonds. The zero-order valence-electron chi connectivity index (χ0n) is 13.1. The predicted molar refractivity (Wildman–Crippen MR) is 89.7 cm³/mol. The highest BCUT2D eigenvalue weighted by Gasteiger charge is 2.17. The van der Waals surface area contributed by atoms with E-state index in [4.69, 9.17) is 25.8 Å². The molecule has 0 bridgehead atoms. The summed E-state index contributed by atoms with van der Waals surface area (Å²) in [6.45, 7) is 1.65. The van der Waals surface area contributed by atoms with Crippen LogP contribution in [0.4, 0.5) is 5.69 Å². The van der Waals surface area contributed by atoms with Crippen LogP contribution in [0.5, 0.6) is 17.2 Å². The van der Waals surface area contributed by atoms with Crippen LogP contribution in [-0.2, 0) is 4.79 Å². The fourth-order valence-corrected chi connectivity index (χ4v) is 2.12. The Morgan fingerprint density at radius 3 is 2.39 bits per heavy atom. The lowest BCUT2D eigenvalue weighted by Gasteiger charge is -2.16. The van der Waals surface area contributed by atoms with Crippen LogP contribution in [0.25, 0.3) is 0 Å². The zero-order valence-corrected chi connectivity index (χ0v) is 13.9. The first-order valence-electron chi connectivity index (χ1n) is 6.99. The van der Waals surface area contributed by atoms with Crippen molar-refractivity contribution in [2.75, 3.05) is 19.5 Å². The molecular weight excluding hydrogens is 318 g/mol. The lowest BCUT2D eigenvalue weighted by Crippen LogP contribution is -2.30. The van der Waals surface area contributed by atoms with Crippen molar-refractivity contribution >= 4 is 23.2 Å². The van der Waals surface area contributed by atoms with Gasteiger partial charge < -0.3 is 19.5 Å². The van der Waals surface area contributed by atoms with E-state index in [1.807, 2.05) is 0 Å². The average Bonchev–Trinajstić information content (AvgIpc) is 2.56. The quantitative estimate of drug-likeness (QED) is 0.873. The minimum atomic E-state index is -0.706. The van der Waals surface area contributed by atoms with Crippen molar-refractivity contribution < 1.29 is 19.0 Å². The first-order chi connectivity index (χ1) is 11.0. The molecule has 0 saturated heterocycles. The van der Waals surface area contributed by atoms with Crippen LogP contribution < -0.4 is 19.5 Å². The highest BCUT2D eigenvalue weighted by Crippen LogP contribution is 2.30. The van der Waals surface area contributed by atoms with Crippen molar-refractivity contribution in [3.05, 3.63) is 47.5 Å². The summed E-state index contributed by atoms with van der Waals surface area (Å²) in [7, 11) is 3.09. The molecule has 1 atom stereocenters. The second-order valence-electron chi connectivity index (χ2n) is 4.75. The standard InChI is InChI=1S/C17H18ClNO4/c1-11(23-14-7-5-4-6-13(14)18)17(20)19-12-8-9-15(21-2)16(10-12)22-3/h4-11H,1-3H3,(H,19,20). The fourth-order valence-electron chi connectivity index (χ4n) is 1.94. The van der Waals surface area contributed by atoms with Gasteiger partial charge in [-0.25, -0.2) is 0 Å². The third-order valence-corrected chi connectivity index (χ3v) is 3.47. The van der Waals surface area contributed by atoms with Crippen LogP contribution >= 0.6 is 11.6 Å². The SMILES string of the molecule is COc1ccc(NC(=O)C(C)Oc2ccccc2Cl)cc1OC. The van der Waals surface area contributed by atoms with E-state index in [1.54, 1.807) is 56.5 Å². The summed E-state index contributed by atoms with van der Waals surface area (Å²) in [6, 6.07) is 12.1. The van der Waals surface area contributed by atoms with Crippen LogP contribution in [0.3, 0.4) is 0 Å². The van der Waals surface area contributed by atoms with Crippen LogP contribution in [0.1, 0.15) is 6.92 Å². The van der Waals surface area contributed by atoms with E-state index in [0.29, 0.717) is 28.0 Å². The van der Waals surface area contributed by atoms with Gasteiger partial charge in [-0.3, -0.25) is 4.79 Å². The van der Waals surface area contributed by atoms with Gasteiger partial charge in [-0.2, -0.15) is 0 Å². The Morgan fingerprint density at radius 2 is 1.74 bits per heavy atom. The molecule has 0 saturated carbocycles. The molecule has 0 aliphatic heterocycles. The molecule has 0 spiro atoms. The number of carbonyl (C=O) groups is 1. The Kier molecular flexibility index (Phi) is 5.71. The van der Waals surface area contributed by atoms with E-state index in [9.17, 15) is 4.79 Å². The van der Waals surface area contributed by atoms with Crippen molar-refractivity contribution in [2.24, 2.45) is 0 Å². The number of anilines is 1. The maximum Gasteiger partial charge on any atom is 0.265 e. The maximum absolute atomic E-state index is 12.2. The smallest absolute Gasteiger partial charge is 0.265 e. The summed E-state index contributed by atoms with van der Waals surface area (Å²) in [5, 5.41) is 3.22. The molecule has 1 unspecified atom stereocenters. The number of amides is 1. The van der Waals surface area contributed by atoms with Gasteiger partial charge in [0.15, 0.2) is 17.6 Å². The molecule has 1 N–H and O–H groups in total. The number of ether oxygens (including phenoxy) is 3. The van der Waals surface area contributed by atoms with Gasteiger partial charge >= 0.3 is 0 Å². The molecule has 0 aliphatic carbocycles. The van der Waals surface area contributed by atoms with Crippen LogP contribution in [-0.4, -0.2) is 26.2 Å². The second-order valence-corrected chi connectivity index (χ2v) is 5.16. The second kappa shape index (κ2) is 7.74. The number of rotatable bonds is 6. The van der Waals surface area contributed by atoms with E-state index in [2.05, 4.69) is 5.32 Å². The summed E-state index contributed by atoms with van der Waals surface area (Å²) in [5.74, 6) is 1.29. The monoisotopic (exact) mass is 335 g/mol. The predicted octanol–water partition coefficient (Wildman–Crippen LogP) is 3.76.